The molecular formula is C34H20N2S2. The number of hydrogen-bond donors (Lipinski definition) is 0. The molecule has 0 radical (unpaired) electrons. The summed E-state index contributed by atoms with van der Waals surface area (Å²) < 4.78 is 0. The summed E-state index contributed by atoms with van der Waals surface area (Å²) in [4.78, 5) is 10.9. The van der Waals surface area contributed by atoms with Gasteiger partial charge in [0.25, 0.3) is 0 Å². The molecule has 4 heteroatoms. The minimum absolute atomic E-state index is 1.19. The maximum Gasteiger partial charge on any atom is 0.0797 e. The molecule has 0 spiro atoms. The van der Waals surface area contributed by atoms with Crippen molar-refractivity contribution < 1.29 is 0 Å². The summed E-state index contributed by atoms with van der Waals surface area (Å²) in [6.07, 6.45) is 3.88. The number of hydrogen-bond acceptors (Lipinski definition) is 4. The van der Waals surface area contributed by atoms with Crippen molar-refractivity contribution in [3.8, 4) is 43.1 Å². The van der Waals surface area contributed by atoms with Gasteiger partial charge in [0.2, 0.25) is 0 Å². The van der Waals surface area contributed by atoms with Crippen molar-refractivity contribution in [2.75, 3.05) is 0 Å². The quantitative estimate of drug-likeness (QED) is 0.216. The summed E-state index contributed by atoms with van der Waals surface area (Å²) in [7, 11) is 0. The lowest BCUT2D eigenvalue weighted by molar-refractivity contribution is 1.42. The Labute approximate surface area is 227 Å². The van der Waals surface area contributed by atoms with Crippen molar-refractivity contribution in [2.45, 2.75) is 0 Å². The first-order chi connectivity index (χ1) is 18.8. The normalized spacial score (nSPS) is 11.7. The highest BCUT2D eigenvalue weighted by molar-refractivity contribution is 7.13. The van der Waals surface area contributed by atoms with Crippen LogP contribution in [-0.2, 0) is 0 Å². The highest BCUT2D eigenvalue weighted by Gasteiger charge is 2.13. The van der Waals surface area contributed by atoms with Crippen molar-refractivity contribution in [2.24, 2.45) is 0 Å². The van der Waals surface area contributed by atoms with Crippen LogP contribution in [0.3, 0.4) is 0 Å². The van der Waals surface area contributed by atoms with Gasteiger partial charge < -0.3 is 0 Å². The molecule has 0 atom stereocenters. The Morgan fingerprint density at radius 1 is 0.395 bits per heavy atom. The van der Waals surface area contributed by atoms with Crippen LogP contribution >= 0.6 is 22.7 Å². The molecule has 0 aliphatic rings. The van der Waals surface area contributed by atoms with Crippen LogP contribution in [0.5, 0.6) is 0 Å². The van der Waals surface area contributed by atoms with E-state index >= 15 is 0 Å². The van der Waals surface area contributed by atoms with E-state index in [9.17, 15) is 0 Å². The average molecular weight is 521 g/mol. The Bertz CT molecular complexity index is 1860. The maximum absolute atomic E-state index is 4.25. The van der Waals surface area contributed by atoms with E-state index in [1.165, 1.54) is 75.5 Å². The lowest BCUT2D eigenvalue weighted by Crippen LogP contribution is -1.88. The van der Waals surface area contributed by atoms with Gasteiger partial charge in [-0.15, -0.1) is 22.7 Å². The summed E-state index contributed by atoms with van der Waals surface area (Å²) in [5.74, 6) is 0. The zero-order valence-corrected chi connectivity index (χ0v) is 21.9. The highest BCUT2D eigenvalue weighted by Crippen LogP contribution is 2.40. The molecule has 2 aromatic heterocycles. The SMILES string of the molecule is c1cc(-c2cc3ccc4cc(-c5cccc(-c6cncs6)c5)cc5ccc(c2)c3c45)cc(-c2cncs2)c1. The minimum atomic E-state index is 1.19. The fourth-order valence-corrected chi connectivity index (χ4v) is 6.83. The van der Waals surface area contributed by atoms with Gasteiger partial charge in [-0.3, -0.25) is 9.97 Å². The molecule has 0 amide bonds. The van der Waals surface area contributed by atoms with Gasteiger partial charge in [-0.2, -0.15) is 0 Å². The molecule has 8 rings (SSSR count). The fraction of sp³-hybridized carbons (Fsp3) is 0. The van der Waals surface area contributed by atoms with E-state index in [4.69, 9.17) is 0 Å². The summed E-state index contributed by atoms with van der Waals surface area (Å²) in [6.45, 7) is 0. The van der Waals surface area contributed by atoms with Gasteiger partial charge in [0.1, 0.15) is 0 Å². The molecule has 8 aromatic rings. The predicted octanol–water partition coefficient (Wildman–Crippen LogP) is 10.2. The molecule has 0 aliphatic carbocycles. The van der Waals surface area contributed by atoms with Crippen LogP contribution in [0.25, 0.3) is 75.5 Å². The fourth-order valence-electron chi connectivity index (χ4n) is 5.59. The van der Waals surface area contributed by atoms with Gasteiger partial charge in [-0.05, 0) is 102 Å². The summed E-state index contributed by atoms with van der Waals surface area (Å²) in [6, 6.07) is 36.0. The largest absolute Gasteiger partial charge is 0.252 e. The van der Waals surface area contributed by atoms with Gasteiger partial charge in [0, 0.05) is 12.4 Å². The first kappa shape index (κ1) is 21.7. The molecule has 0 unspecified atom stereocenters. The Hall–Kier alpha value is -4.38. The van der Waals surface area contributed by atoms with Crippen LogP contribution in [0.4, 0.5) is 0 Å². The number of nitrogens with zero attached hydrogens (tertiary/aromatic N) is 2. The maximum atomic E-state index is 4.25. The number of aromatic nitrogens is 2. The standard InChI is InChI=1S/C34H20N2S2/c1-3-21(11-23(5-1)31-17-35-19-37-31)29-13-25-7-9-27-15-30(16-28-10-8-26(14-29)33(25)34(27)28)22-4-2-6-24(12-22)32-18-36-20-38-32/h1-20H. The second-order valence-electron chi connectivity index (χ2n) is 9.62. The molecular weight excluding hydrogens is 501 g/mol. The molecule has 0 N–H and O–H groups in total. The number of thiazole rings is 2. The van der Waals surface area contributed by atoms with Gasteiger partial charge in [0.15, 0.2) is 0 Å². The minimum Gasteiger partial charge on any atom is -0.252 e. The Kier molecular flexibility index (Phi) is 4.90. The van der Waals surface area contributed by atoms with Crippen LogP contribution in [0.1, 0.15) is 0 Å². The third kappa shape index (κ3) is 3.53. The van der Waals surface area contributed by atoms with E-state index < -0.39 is 0 Å². The lowest BCUT2D eigenvalue weighted by atomic mass is 9.89. The van der Waals surface area contributed by atoms with Crippen LogP contribution in [-0.4, -0.2) is 9.97 Å². The monoisotopic (exact) mass is 520 g/mol. The lowest BCUT2D eigenvalue weighted by Gasteiger charge is -2.15. The molecule has 0 aliphatic heterocycles. The van der Waals surface area contributed by atoms with E-state index in [0.29, 0.717) is 0 Å². The van der Waals surface area contributed by atoms with Crippen molar-refractivity contribution in [3.05, 3.63) is 120 Å². The molecule has 0 bridgehead atoms. The molecule has 0 saturated carbocycles. The molecule has 0 saturated heterocycles. The van der Waals surface area contributed by atoms with E-state index in [-0.39, 0.29) is 0 Å². The zero-order valence-electron chi connectivity index (χ0n) is 20.3. The van der Waals surface area contributed by atoms with Gasteiger partial charge >= 0.3 is 0 Å². The molecule has 38 heavy (non-hydrogen) atoms. The van der Waals surface area contributed by atoms with Crippen molar-refractivity contribution in [1.82, 2.24) is 9.97 Å². The summed E-state index contributed by atoms with van der Waals surface area (Å²) >= 11 is 3.35. The first-order valence-electron chi connectivity index (χ1n) is 12.5. The Balaban J connectivity index is 1.27. The Morgan fingerprint density at radius 3 is 1.16 bits per heavy atom. The molecule has 2 heterocycles. The Morgan fingerprint density at radius 2 is 0.789 bits per heavy atom. The third-order valence-corrected chi connectivity index (χ3v) is 9.00. The number of benzene rings is 6. The van der Waals surface area contributed by atoms with Crippen LogP contribution in [0, 0.1) is 0 Å². The topological polar surface area (TPSA) is 25.8 Å². The van der Waals surface area contributed by atoms with Crippen LogP contribution < -0.4 is 0 Å². The highest BCUT2D eigenvalue weighted by atomic mass is 32.1. The van der Waals surface area contributed by atoms with E-state index in [2.05, 4.69) is 107 Å². The third-order valence-electron chi connectivity index (χ3n) is 7.36. The average Bonchev–Trinajstić information content (AvgIpc) is 3.71. The van der Waals surface area contributed by atoms with E-state index in [1.807, 2.05) is 23.4 Å². The molecule has 178 valence electrons. The van der Waals surface area contributed by atoms with Crippen molar-refractivity contribution in [3.63, 3.8) is 0 Å². The van der Waals surface area contributed by atoms with Gasteiger partial charge in [-0.25, -0.2) is 0 Å². The van der Waals surface area contributed by atoms with Gasteiger partial charge in [0.05, 0.1) is 20.8 Å². The number of rotatable bonds is 4. The second-order valence-corrected chi connectivity index (χ2v) is 11.4. The van der Waals surface area contributed by atoms with Crippen molar-refractivity contribution in [1.29, 1.82) is 0 Å². The molecule has 2 nitrogen and oxygen atoms in total. The smallest absolute Gasteiger partial charge is 0.0797 e. The van der Waals surface area contributed by atoms with Crippen molar-refractivity contribution >= 4 is 55.0 Å². The van der Waals surface area contributed by atoms with E-state index in [0.717, 1.165) is 0 Å². The van der Waals surface area contributed by atoms with E-state index in [1.54, 1.807) is 22.7 Å². The summed E-state index contributed by atoms with van der Waals surface area (Å²) in [5, 5.41) is 7.79. The predicted molar refractivity (Wildman–Crippen MR) is 163 cm³/mol. The first-order valence-corrected chi connectivity index (χ1v) is 14.3. The van der Waals surface area contributed by atoms with Crippen LogP contribution in [0.15, 0.2) is 120 Å². The molecule has 6 aromatic carbocycles. The second kappa shape index (κ2) is 8.59. The summed E-state index contributed by atoms with van der Waals surface area (Å²) in [5.41, 5.74) is 11.1. The zero-order chi connectivity index (χ0) is 25.1. The van der Waals surface area contributed by atoms with Crippen LogP contribution in [0.2, 0.25) is 0 Å². The molecule has 0 fully saturated rings. The van der Waals surface area contributed by atoms with Gasteiger partial charge in [-0.1, -0.05) is 60.7 Å².